The Labute approximate surface area is 185 Å². The molecule has 0 aliphatic carbocycles. The van der Waals surface area contributed by atoms with Gasteiger partial charge in [0.15, 0.2) is 5.76 Å². The van der Waals surface area contributed by atoms with Crippen LogP contribution in [0.15, 0.2) is 58.1 Å². The molecule has 3 rings (SSSR count). The van der Waals surface area contributed by atoms with Gasteiger partial charge in [0.25, 0.3) is 0 Å². The molecule has 0 amide bonds. The van der Waals surface area contributed by atoms with Gasteiger partial charge in [-0.15, -0.1) is 0 Å². The van der Waals surface area contributed by atoms with Crippen molar-refractivity contribution in [2.45, 2.75) is 59.8 Å². The molecule has 1 heterocycles. The fourth-order valence-corrected chi connectivity index (χ4v) is 3.56. The number of carbonyl (C=O) groups is 1. The van der Waals surface area contributed by atoms with E-state index in [2.05, 4.69) is 38.7 Å². The second-order valence-electron chi connectivity index (χ2n) is 8.28. The molecule has 0 spiro atoms. The van der Waals surface area contributed by atoms with Crippen molar-refractivity contribution in [3.8, 4) is 22.8 Å². The highest BCUT2D eigenvalue weighted by Gasteiger charge is 2.12. The van der Waals surface area contributed by atoms with Crippen LogP contribution >= 0.6 is 0 Å². The molecule has 1 unspecified atom stereocenters. The number of hydrogen-bond donors (Lipinski definition) is 0. The molecule has 0 bridgehead atoms. The molecule has 162 valence electrons. The number of rotatable bonds is 10. The maximum Gasteiger partial charge on any atom is 0.226 e. The van der Waals surface area contributed by atoms with Gasteiger partial charge in [0.1, 0.15) is 6.29 Å². The third-order valence-electron chi connectivity index (χ3n) is 5.77. The normalized spacial score (nSPS) is 12.7. The van der Waals surface area contributed by atoms with Crippen LogP contribution in [0.3, 0.4) is 0 Å². The van der Waals surface area contributed by atoms with E-state index < -0.39 is 0 Å². The van der Waals surface area contributed by atoms with Gasteiger partial charge in [0.05, 0.1) is 11.9 Å². The fourth-order valence-electron chi connectivity index (χ4n) is 3.56. The van der Waals surface area contributed by atoms with Gasteiger partial charge in [-0.25, -0.2) is 4.98 Å². The van der Waals surface area contributed by atoms with Gasteiger partial charge in [-0.05, 0) is 49.9 Å². The lowest BCUT2D eigenvalue weighted by Crippen LogP contribution is -2.06. The van der Waals surface area contributed by atoms with Crippen LogP contribution in [-0.2, 0) is 0 Å². The van der Waals surface area contributed by atoms with Crippen molar-refractivity contribution < 1.29 is 9.21 Å². The number of nitrogens with zero attached hydrogens (tertiary/aromatic N) is 2. The fraction of sp³-hybridized carbons (Fsp3) is 0.370. The molecule has 0 aliphatic heterocycles. The predicted octanol–water partition coefficient (Wildman–Crippen LogP) is 7.83. The van der Waals surface area contributed by atoms with Crippen molar-refractivity contribution in [2.75, 3.05) is 0 Å². The second-order valence-corrected chi connectivity index (χ2v) is 8.28. The van der Waals surface area contributed by atoms with E-state index in [0.29, 0.717) is 23.1 Å². The van der Waals surface area contributed by atoms with Crippen LogP contribution in [0.1, 0.15) is 68.8 Å². The lowest BCUT2D eigenvalue weighted by Gasteiger charge is -2.12. The van der Waals surface area contributed by atoms with Crippen molar-refractivity contribution in [1.82, 2.24) is 4.98 Å². The molecule has 0 aliphatic rings. The van der Waals surface area contributed by atoms with E-state index in [0.717, 1.165) is 34.4 Å². The Morgan fingerprint density at radius 3 is 2.74 bits per heavy atom. The largest absolute Gasteiger partial charge is 0.436 e. The third-order valence-corrected chi connectivity index (χ3v) is 5.77. The molecule has 0 saturated carbocycles. The van der Waals surface area contributed by atoms with E-state index >= 15 is 0 Å². The summed E-state index contributed by atoms with van der Waals surface area (Å²) in [5.74, 6) is 1.66. The maximum atomic E-state index is 11.1. The SMILES string of the molecule is CCCCCCC(C)C(C)=Nc1cc(-c2ncc(-c3cccc(C=O)c3)o2)ccc1C. The molecule has 4 nitrogen and oxygen atoms in total. The van der Waals surface area contributed by atoms with Gasteiger partial charge in [0.2, 0.25) is 5.89 Å². The first kappa shape index (κ1) is 22.7. The van der Waals surface area contributed by atoms with Crippen molar-refractivity contribution >= 4 is 17.7 Å². The Balaban J connectivity index is 1.79. The molecule has 0 radical (unpaired) electrons. The summed E-state index contributed by atoms with van der Waals surface area (Å²) in [6.45, 7) is 8.70. The van der Waals surface area contributed by atoms with Crippen molar-refractivity contribution in [3.05, 3.63) is 59.8 Å². The minimum absolute atomic E-state index is 0.471. The third kappa shape index (κ3) is 6.00. The van der Waals surface area contributed by atoms with Crippen LogP contribution in [0.2, 0.25) is 0 Å². The standard InChI is InChI=1S/C27H32N2O2/c1-5-6-7-8-10-19(2)21(4)29-25-16-24(14-13-20(25)3)27-28-17-26(31-27)23-12-9-11-22(15-23)18-30/h9,11-19H,5-8,10H2,1-4H3. The average molecular weight is 417 g/mol. The first-order valence-electron chi connectivity index (χ1n) is 11.2. The number of aliphatic imine (C=N–C) groups is 1. The van der Waals surface area contributed by atoms with Crippen molar-refractivity contribution in [1.29, 1.82) is 0 Å². The van der Waals surface area contributed by atoms with Crippen LogP contribution in [0.25, 0.3) is 22.8 Å². The lowest BCUT2D eigenvalue weighted by molar-refractivity contribution is 0.112. The highest BCUT2D eigenvalue weighted by molar-refractivity contribution is 5.87. The van der Waals surface area contributed by atoms with Crippen LogP contribution in [-0.4, -0.2) is 17.0 Å². The summed E-state index contributed by atoms with van der Waals surface area (Å²) in [5, 5.41) is 0. The number of aromatic nitrogens is 1. The van der Waals surface area contributed by atoms with Gasteiger partial charge in [0, 0.05) is 22.4 Å². The van der Waals surface area contributed by atoms with Crippen LogP contribution < -0.4 is 0 Å². The molecule has 0 fully saturated rings. The number of carbonyl (C=O) groups excluding carboxylic acids is 1. The summed E-state index contributed by atoms with van der Waals surface area (Å²) in [7, 11) is 0. The molecule has 2 aromatic carbocycles. The zero-order valence-electron chi connectivity index (χ0n) is 19.0. The highest BCUT2D eigenvalue weighted by atomic mass is 16.4. The molecule has 0 N–H and O–H groups in total. The van der Waals surface area contributed by atoms with Crippen molar-refractivity contribution in [3.63, 3.8) is 0 Å². The first-order valence-corrected chi connectivity index (χ1v) is 11.2. The Morgan fingerprint density at radius 1 is 1.13 bits per heavy atom. The minimum atomic E-state index is 0.471. The average Bonchev–Trinajstić information content (AvgIpc) is 3.28. The molecule has 1 atom stereocenters. The van der Waals surface area contributed by atoms with Gasteiger partial charge < -0.3 is 4.42 Å². The number of unbranched alkanes of at least 4 members (excludes halogenated alkanes) is 3. The number of aldehydes is 1. The Morgan fingerprint density at radius 2 is 1.97 bits per heavy atom. The summed E-state index contributed by atoms with van der Waals surface area (Å²) in [6, 6.07) is 13.4. The predicted molar refractivity (Wildman–Crippen MR) is 128 cm³/mol. The zero-order valence-corrected chi connectivity index (χ0v) is 19.0. The summed E-state index contributed by atoms with van der Waals surface area (Å²) >= 11 is 0. The van der Waals surface area contributed by atoms with Crippen molar-refractivity contribution in [2.24, 2.45) is 10.9 Å². The van der Waals surface area contributed by atoms with Gasteiger partial charge in [-0.2, -0.15) is 0 Å². The van der Waals surface area contributed by atoms with E-state index in [1.54, 1.807) is 18.3 Å². The molecule has 1 aromatic heterocycles. The number of benzene rings is 2. The van der Waals surface area contributed by atoms with E-state index in [9.17, 15) is 4.79 Å². The van der Waals surface area contributed by atoms with Crippen LogP contribution in [0.5, 0.6) is 0 Å². The van der Waals surface area contributed by atoms with Crippen LogP contribution in [0.4, 0.5) is 5.69 Å². The Bertz CT molecular complexity index is 1050. The minimum Gasteiger partial charge on any atom is -0.436 e. The van der Waals surface area contributed by atoms with Gasteiger partial charge >= 0.3 is 0 Å². The molecule has 31 heavy (non-hydrogen) atoms. The number of aryl methyl sites for hydroxylation is 1. The summed E-state index contributed by atoms with van der Waals surface area (Å²) < 4.78 is 6.00. The maximum absolute atomic E-state index is 11.1. The number of oxazole rings is 1. The summed E-state index contributed by atoms with van der Waals surface area (Å²) in [5.41, 5.74) is 5.59. The van der Waals surface area contributed by atoms with E-state index in [1.165, 1.54) is 32.1 Å². The first-order chi connectivity index (χ1) is 15.0. The topological polar surface area (TPSA) is 55.5 Å². The molecular weight excluding hydrogens is 384 g/mol. The molecule has 4 heteroatoms. The van der Waals surface area contributed by atoms with E-state index in [1.807, 2.05) is 24.3 Å². The molecular formula is C27H32N2O2. The van der Waals surface area contributed by atoms with Gasteiger partial charge in [-0.3, -0.25) is 9.79 Å². The van der Waals surface area contributed by atoms with E-state index in [-0.39, 0.29) is 0 Å². The summed E-state index contributed by atoms with van der Waals surface area (Å²) in [4.78, 5) is 20.4. The summed E-state index contributed by atoms with van der Waals surface area (Å²) in [6.07, 6.45) is 8.83. The quantitative estimate of drug-likeness (QED) is 0.192. The zero-order chi connectivity index (χ0) is 22.2. The Kier molecular flexibility index (Phi) is 7.94. The van der Waals surface area contributed by atoms with Crippen LogP contribution in [0, 0.1) is 12.8 Å². The number of hydrogen-bond acceptors (Lipinski definition) is 4. The Hall–Kier alpha value is -3.01. The highest BCUT2D eigenvalue weighted by Crippen LogP contribution is 2.31. The monoisotopic (exact) mass is 416 g/mol. The van der Waals surface area contributed by atoms with Gasteiger partial charge in [-0.1, -0.05) is 63.8 Å². The lowest BCUT2D eigenvalue weighted by atomic mass is 9.98. The smallest absolute Gasteiger partial charge is 0.226 e. The second kappa shape index (κ2) is 10.9. The van der Waals surface area contributed by atoms with E-state index in [4.69, 9.17) is 9.41 Å². The molecule has 3 aromatic rings. The molecule has 0 saturated heterocycles.